The molecule has 1 unspecified atom stereocenters. The lowest BCUT2D eigenvalue weighted by molar-refractivity contribution is 0.0935. The van der Waals surface area contributed by atoms with Gasteiger partial charge in [0.2, 0.25) is 0 Å². The number of carbonyl (C=O) groups is 1. The minimum Gasteiger partial charge on any atom is -0.344 e. The number of halogens is 1. The van der Waals surface area contributed by atoms with Crippen LogP contribution in [-0.4, -0.2) is 20.9 Å². The monoisotopic (exact) mass is 340 g/mol. The Morgan fingerprint density at radius 3 is 2.62 bits per heavy atom. The number of carbonyl (C=O) groups excluding carboxylic acids is 1. The number of hydrogen-bond donors (Lipinski definition) is 1. The van der Waals surface area contributed by atoms with Crippen LogP contribution in [0, 0.1) is 0 Å². The van der Waals surface area contributed by atoms with Crippen LogP contribution in [0.4, 0.5) is 0 Å². The maximum atomic E-state index is 12.3. The van der Waals surface area contributed by atoms with E-state index >= 15 is 0 Å². The molecule has 3 aromatic rings. The van der Waals surface area contributed by atoms with E-state index in [1.54, 1.807) is 16.9 Å². The van der Waals surface area contributed by atoms with Gasteiger partial charge in [0.05, 0.1) is 18.8 Å². The molecule has 0 radical (unpaired) electrons. The zero-order chi connectivity index (χ0) is 16.9. The standard InChI is InChI=1S/C18H17ClN4O/c1-13(15-9-5-6-10-16(15)19)20-18(24)17-12-23(22-21-17)11-14-7-3-2-4-8-14/h2-10,12-13H,11H2,1H3,(H,20,24). The van der Waals surface area contributed by atoms with Crippen molar-refractivity contribution in [3.63, 3.8) is 0 Å². The van der Waals surface area contributed by atoms with Gasteiger partial charge in [-0.2, -0.15) is 0 Å². The molecule has 3 rings (SSSR count). The number of rotatable bonds is 5. The SMILES string of the molecule is CC(NC(=O)c1cn(Cc2ccccc2)nn1)c1ccccc1Cl. The maximum Gasteiger partial charge on any atom is 0.273 e. The average molecular weight is 341 g/mol. The van der Waals surface area contributed by atoms with Crippen molar-refractivity contribution >= 4 is 17.5 Å². The normalized spacial score (nSPS) is 11.9. The van der Waals surface area contributed by atoms with Crippen LogP contribution in [0.15, 0.2) is 60.8 Å². The molecule has 122 valence electrons. The summed E-state index contributed by atoms with van der Waals surface area (Å²) in [6.07, 6.45) is 1.64. The topological polar surface area (TPSA) is 59.8 Å². The molecule has 24 heavy (non-hydrogen) atoms. The summed E-state index contributed by atoms with van der Waals surface area (Å²) < 4.78 is 1.64. The molecule has 1 amide bonds. The first-order chi connectivity index (χ1) is 11.6. The van der Waals surface area contributed by atoms with Gasteiger partial charge in [-0.1, -0.05) is 65.3 Å². The van der Waals surface area contributed by atoms with Crippen LogP contribution in [0.5, 0.6) is 0 Å². The number of nitrogens with one attached hydrogen (secondary N) is 1. The lowest BCUT2D eigenvalue weighted by Gasteiger charge is -2.14. The first kappa shape index (κ1) is 16.2. The van der Waals surface area contributed by atoms with Gasteiger partial charge in [0.15, 0.2) is 5.69 Å². The van der Waals surface area contributed by atoms with E-state index in [0.717, 1.165) is 11.1 Å². The summed E-state index contributed by atoms with van der Waals surface area (Å²) >= 11 is 6.16. The van der Waals surface area contributed by atoms with Gasteiger partial charge in [0, 0.05) is 5.02 Å². The van der Waals surface area contributed by atoms with E-state index in [1.165, 1.54) is 0 Å². The van der Waals surface area contributed by atoms with Gasteiger partial charge in [-0.05, 0) is 24.1 Å². The second-order valence-corrected chi connectivity index (χ2v) is 5.91. The Balaban J connectivity index is 1.67. The predicted octanol–water partition coefficient (Wildman–Crippen LogP) is 3.47. The largest absolute Gasteiger partial charge is 0.344 e. The summed E-state index contributed by atoms with van der Waals surface area (Å²) in [5.74, 6) is -0.276. The van der Waals surface area contributed by atoms with Crippen LogP contribution < -0.4 is 5.32 Å². The molecule has 1 heterocycles. The van der Waals surface area contributed by atoms with Gasteiger partial charge in [-0.25, -0.2) is 4.68 Å². The molecule has 0 aliphatic heterocycles. The summed E-state index contributed by atoms with van der Waals surface area (Å²) in [5.41, 5.74) is 2.24. The molecule has 0 spiro atoms. The maximum absolute atomic E-state index is 12.3. The van der Waals surface area contributed by atoms with Crippen molar-refractivity contribution in [2.75, 3.05) is 0 Å². The Kier molecular flexibility index (Phi) is 4.91. The van der Waals surface area contributed by atoms with Crippen molar-refractivity contribution in [2.24, 2.45) is 0 Å². The highest BCUT2D eigenvalue weighted by Crippen LogP contribution is 2.22. The number of nitrogens with zero attached hydrogens (tertiary/aromatic N) is 3. The summed E-state index contributed by atoms with van der Waals surface area (Å²) in [4.78, 5) is 12.3. The van der Waals surface area contributed by atoms with Crippen molar-refractivity contribution in [1.29, 1.82) is 0 Å². The lowest BCUT2D eigenvalue weighted by atomic mass is 10.1. The second-order valence-electron chi connectivity index (χ2n) is 5.50. The van der Waals surface area contributed by atoms with Crippen LogP contribution in [0.2, 0.25) is 5.02 Å². The summed E-state index contributed by atoms with van der Waals surface area (Å²) in [6.45, 7) is 2.45. The highest BCUT2D eigenvalue weighted by atomic mass is 35.5. The first-order valence-corrected chi connectivity index (χ1v) is 8.00. The lowest BCUT2D eigenvalue weighted by Crippen LogP contribution is -2.27. The molecule has 0 aliphatic carbocycles. The summed E-state index contributed by atoms with van der Waals surface area (Å²) in [5, 5.41) is 11.5. The average Bonchev–Trinajstić information content (AvgIpc) is 3.04. The molecule has 1 atom stereocenters. The molecule has 1 aromatic heterocycles. The minimum atomic E-state index is -0.276. The fourth-order valence-corrected chi connectivity index (χ4v) is 2.72. The number of hydrogen-bond acceptors (Lipinski definition) is 3. The highest BCUT2D eigenvalue weighted by molar-refractivity contribution is 6.31. The fourth-order valence-electron chi connectivity index (χ4n) is 2.42. The molecule has 0 fully saturated rings. The van der Waals surface area contributed by atoms with E-state index in [-0.39, 0.29) is 17.6 Å². The van der Waals surface area contributed by atoms with E-state index in [4.69, 9.17) is 11.6 Å². The van der Waals surface area contributed by atoms with E-state index in [1.807, 2.05) is 55.5 Å². The predicted molar refractivity (Wildman–Crippen MR) is 92.9 cm³/mol. The smallest absolute Gasteiger partial charge is 0.273 e. The molecule has 0 bridgehead atoms. The van der Waals surface area contributed by atoms with Gasteiger partial charge in [0.25, 0.3) is 5.91 Å². The van der Waals surface area contributed by atoms with Gasteiger partial charge in [-0.15, -0.1) is 5.10 Å². The third-order valence-corrected chi connectivity index (χ3v) is 4.02. The van der Waals surface area contributed by atoms with Crippen LogP contribution >= 0.6 is 11.6 Å². The molecule has 5 nitrogen and oxygen atoms in total. The molecular formula is C18H17ClN4O. The zero-order valence-electron chi connectivity index (χ0n) is 13.2. The fraction of sp³-hybridized carbons (Fsp3) is 0.167. The van der Waals surface area contributed by atoms with E-state index in [9.17, 15) is 4.79 Å². The zero-order valence-corrected chi connectivity index (χ0v) is 13.9. The third-order valence-electron chi connectivity index (χ3n) is 3.68. The van der Waals surface area contributed by atoms with Crippen molar-refractivity contribution in [3.05, 3.63) is 82.6 Å². The molecule has 0 saturated heterocycles. The van der Waals surface area contributed by atoms with Crippen molar-refractivity contribution in [2.45, 2.75) is 19.5 Å². The van der Waals surface area contributed by atoms with Crippen LogP contribution in [0.3, 0.4) is 0 Å². The molecule has 6 heteroatoms. The molecule has 0 aliphatic rings. The Morgan fingerprint density at radius 1 is 1.17 bits per heavy atom. The highest BCUT2D eigenvalue weighted by Gasteiger charge is 2.16. The Labute approximate surface area is 145 Å². The van der Waals surface area contributed by atoms with Crippen molar-refractivity contribution in [3.8, 4) is 0 Å². The molecule has 0 saturated carbocycles. The quantitative estimate of drug-likeness (QED) is 0.773. The summed E-state index contributed by atoms with van der Waals surface area (Å²) in [6, 6.07) is 17.1. The van der Waals surface area contributed by atoms with Crippen molar-refractivity contribution in [1.82, 2.24) is 20.3 Å². The minimum absolute atomic E-state index is 0.217. The molecule has 2 aromatic carbocycles. The number of amides is 1. The van der Waals surface area contributed by atoms with Gasteiger partial charge in [0.1, 0.15) is 0 Å². The van der Waals surface area contributed by atoms with E-state index in [2.05, 4.69) is 15.6 Å². The Morgan fingerprint density at radius 2 is 1.88 bits per heavy atom. The number of aromatic nitrogens is 3. The second kappa shape index (κ2) is 7.27. The van der Waals surface area contributed by atoms with E-state index in [0.29, 0.717) is 11.6 Å². The van der Waals surface area contributed by atoms with E-state index < -0.39 is 0 Å². The molecular weight excluding hydrogens is 324 g/mol. The molecule has 1 N–H and O–H groups in total. The van der Waals surface area contributed by atoms with Crippen molar-refractivity contribution < 1.29 is 4.79 Å². The van der Waals surface area contributed by atoms with Gasteiger partial charge < -0.3 is 5.32 Å². The Bertz CT molecular complexity index is 832. The third kappa shape index (κ3) is 3.81. The van der Waals surface area contributed by atoms with Crippen LogP contribution in [0.25, 0.3) is 0 Å². The summed E-state index contributed by atoms with van der Waals surface area (Å²) in [7, 11) is 0. The van der Waals surface area contributed by atoms with Crippen LogP contribution in [-0.2, 0) is 6.54 Å². The first-order valence-electron chi connectivity index (χ1n) is 7.63. The Hall–Kier alpha value is -2.66. The van der Waals surface area contributed by atoms with Crippen LogP contribution in [0.1, 0.15) is 34.6 Å². The van der Waals surface area contributed by atoms with Gasteiger partial charge in [-0.3, -0.25) is 4.79 Å². The number of benzene rings is 2. The van der Waals surface area contributed by atoms with Gasteiger partial charge >= 0.3 is 0 Å².